The number of hydrogen-bond acceptors (Lipinski definition) is 3. The average Bonchev–Trinajstić information content (AvgIpc) is 2.57. The van der Waals surface area contributed by atoms with Crippen LogP contribution in [-0.2, 0) is 6.42 Å². The Labute approximate surface area is 100 Å². The number of hydrogen-bond donors (Lipinski definition) is 2. The van der Waals surface area contributed by atoms with Crippen LogP contribution in [0.4, 0.5) is 0 Å². The molecule has 1 aromatic rings. The maximum atomic E-state index is 11.7. The molecule has 0 aliphatic heterocycles. The molecule has 1 amide bonds. The number of nitrogens with one attached hydrogen (secondary N) is 1. The van der Waals surface area contributed by atoms with Crippen molar-refractivity contribution < 1.29 is 9.90 Å². The largest absolute Gasteiger partial charge is 0.392 e. The molecule has 2 N–H and O–H groups in total. The van der Waals surface area contributed by atoms with Crippen LogP contribution < -0.4 is 5.32 Å². The molecular weight excluding hydrogens is 222 g/mol. The SMILES string of the molecule is CCCc1cc(C(=O)NCC(C)O)sc1C. The van der Waals surface area contributed by atoms with Crippen LogP contribution in [0.1, 0.15) is 40.4 Å². The van der Waals surface area contributed by atoms with Crippen molar-refractivity contribution >= 4 is 17.2 Å². The minimum absolute atomic E-state index is 0.0867. The van der Waals surface area contributed by atoms with Gasteiger partial charge in [0.2, 0.25) is 0 Å². The number of rotatable bonds is 5. The van der Waals surface area contributed by atoms with Crippen molar-refractivity contribution in [1.29, 1.82) is 0 Å². The van der Waals surface area contributed by atoms with E-state index in [9.17, 15) is 4.79 Å². The van der Waals surface area contributed by atoms with E-state index in [2.05, 4.69) is 12.2 Å². The molecule has 0 saturated carbocycles. The molecule has 1 unspecified atom stereocenters. The topological polar surface area (TPSA) is 49.3 Å². The first-order valence-electron chi connectivity index (χ1n) is 5.60. The molecule has 0 bridgehead atoms. The third-order valence-corrected chi connectivity index (χ3v) is 3.41. The Morgan fingerprint density at radius 1 is 1.62 bits per heavy atom. The Kier molecular flexibility index (Phi) is 4.96. The zero-order chi connectivity index (χ0) is 12.1. The number of thiophene rings is 1. The minimum Gasteiger partial charge on any atom is -0.392 e. The summed E-state index contributed by atoms with van der Waals surface area (Å²) in [5.41, 5.74) is 1.26. The summed E-state index contributed by atoms with van der Waals surface area (Å²) in [6, 6.07) is 1.96. The van der Waals surface area contributed by atoms with E-state index < -0.39 is 6.10 Å². The second-order valence-electron chi connectivity index (χ2n) is 4.00. The molecule has 1 atom stereocenters. The van der Waals surface area contributed by atoms with E-state index in [0.717, 1.165) is 17.7 Å². The molecule has 1 rings (SSSR count). The third kappa shape index (κ3) is 3.61. The normalized spacial score (nSPS) is 12.5. The molecule has 1 heterocycles. The van der Waals surface area contributed by atoms with Gasteiger partial charge in [0.25, 0.3) is 5.91 Å². The zero-order valence-electron chi connectivity index (χ0n) is 10.0. The van der Waals surface area contributed by atoms with Gasteiger partial charge in [-0.15, -0.1) is 11.3 Å². The Morgan fingerprint density at radius 2 is 2.31 bits per heavy atom. The molecule has 90 valence electrons. The van der Waals surface area contributed by atoms with E-state index in [-0.39, 0.29) is 5.91 Å². The van der Waals surface area contributed by atoms with Gasteiger partial charge in [-0.05, 0) is 31.9 Å². The predicted molar refractivity (Wildman–Crippen MR) is 67.1 cm³/mol. The number of aliphatic hydroxyl groups excluding tert-OH is 1. The van der Waals surface area contributed by atoms with E-state index >= 15 is 0 Å². The first kappa shape index (κ1) is 13.2. The van der Waals surface area contributed by atoms with Crippen LogP contribution >= 0.6 is 11.3 Å². The van der Waals surface area contributed by atoms with E-state index in [1.54, 1.807) is 6.92 Å². The van der Waals surface area contributed by atoms with Crippen molar-refractivity contribution in [3.05, 3.63) is 21.4 Å². The number of aliphatic hydroxyl groups is 1. The lowest BCUT2D eigenvalue weighted by molar-refractivity contribution is 0.0928. The number of aryl methyl sites for hydroxylation is 2. The van der Waals surface area contributed by atoms with Crippen LogP contribution in [0.25, 0.3) is 0 Å². The van der Waals surface area contributed by atoms with E-state index in [4.69, 9.17) is 5.11 Å². The lowest BCUT2D eigenvalue weighted by atomic mass is 10.1. The average molecular weight is 241 g/mol. The van der Waals surface area contributed by atoms with Gasteiger partial charge in [0.05, 0.1) is 11.0 Å². The van der Waals surface area contributed by atoms with Gasteiger partial charge >= 0.3 is 0 Å². The molecule has 0 radical (unpaired) electrons. The van der Waals surface area contributed by atoms with E-state index in [0.29, 0.717) is 6.54 Å². The Hall–Kier alpha value is -0.870. The molecule has 16 heavy (non-hydrogen) atoms. The highest BCUT2D eigenvalue weighted by Crippen LogP contribution is 2.22. The summed E-state index contributed by atoms with van der Waals surface area (Å²) in [6.07, 6.45) is 1.61. The second kappa shape index (κ2) is 6.01. The van der Waals surface area contributed by atoms with Gasteiger partial charge < -0.3 is 10.4 Å². The Morgan fingerprint density at radius 3 is 2.88 bits per heavy atom. The summed E-state index contributed by atoms with van der Waals surface area (Å²) in [5, 5.41) is 11.8. The summed E-state index contributed by atoms with van der Waals surface area (Å²) in [6.45, 7) is 6.13. The van der Waals surface area contributed by atoms with E-state index in [1.165, 1.54) is 21.8 Å². The number of carbonyl (C=O) groups excluding carboxylic acids is 1. The summed E-state index contributed by atoms with van der Waals surface area (Å²) in [4.78, 5) is 13.7. The van der Waals surface area contributed by atoms with Crippen molar-refractivity contribution in [3.8, 4) is 0 Å². The molecule has 3 nitrogen and oxygen atoms in total. The molecule has 0 aliphatic rings. The van der Waals surface area contributed by atoms with Gasteiger partial charge in [0, 0.05) is 11.4 Å². The standard InChI is InChI=1S/C12H19NO2S/c1-4-5-10-6-11(16-9(10)3)12(15)13-7-8(2)14/h6,8,14H,4-5,7H2,1-3H3,(H,13,15). The fourth-order valence-corrected chi connectivity index (χ4v) is 2.46. The van der Waals surface area contributed by atoms with Gasteiger partial charge in [-0.25, -0.2) is 0 Å². The number of amides is 1. The van der Waals surface area contributed by atoms with Gasteiger partial charge in [-0.2, -0.15) is 0 Å². The monoisotopic (exact) mass is 241 g/mol. The van der Waals surface area contributed by atoms with Crippen LogP contribution in [0.5, 0.6) is 0 Å². The van der Waals surface area contributed by atoms with Gasteiger partial charge in [-0.1, -0.05) is 13.3 Å². The van der Waals surface area contributed by atoms with Crippen LogP contribution in [0.2, 0.25) is 0 Å². The lowest BCUT2D eigenvalue weighted by Gasteiger charge is -2.04. The first-order valence-corrected chi connectivity index (χ1v) is 6.41. The molecule has 0 fully saturated rings. The van der Waals surface area contributed by atoms with E-state index in [1.807, 2.05) is 13.0 Å². The Balaban J connectivity index is 2.65. The predicted octanol–water partition coefficient (Wildman–Crippen LogP) is 2.12. The maximum absolute atomic E-state index is 11.7. The van der Waals surface area contributed by atoms with Crippen LogP contribution in [-0.4, -0.2) is 23.7 Å². The molecular formula is C12H19NO2S. The summed E-state index contributed by atoms with van der Waals surface area (Å²) in [7, 11) is 0. The molecule has 0 aromatic carbocycles. The second-order valence-corrected chi connectivity index (χ2v) is 5.26. The van der Waals surface area contributed by atoms with Gasteiger partial charge in [0.15, 0.2) is 0 Å². The Bertz CT molecular complexity index is 358. The van der Waals surface area contributed by atoms with Gasteiger partial charge in [-0.3, -0.25) is 4.79 Å². The summed E-state index contributed by atoms with van der Waals surface area (Å²) < 4.78 is 0. The van der Waals surface area contributed by atoms with Crippen molar-refractivity contribution in [2.24, 2.45) is 0 Å². The zero-order valence-corrected chi connectivity index (χ0v) is 10.9. The molecule has 1 aromatic heterocycles. The molecule has 0 aliphatic carbocycles. The van der Waals surface area contributed by atoms with Crippen LogP contribution in [0, 0.1) is 6.92 Å². The fraction of sp³-hybridized carbons (Fsp3) is 0.583. The molecule has 0 spiro atoms. The lowest BCUT2D eigenvalue weighted by Crippen LogP contribution is -2.29. The fourth-order valence-electron chi connectivity index (χ4n) is 1.48. The van der Waals surface area contributed by atoms with Crippen molar-refractivity contribution in [2.75, 3.05) is 6.54 Å². The van der Waals surface area contributed by atoms with Crippen molar-refractivity contribution in [1.82, 2.24) is 5.32 Å². The summed E-state index contributed by atoms with van der Waals surface area (Å²) >= 11 is 1.52. The van der Waals surface area contributed by atoms with Crippen molar-refractivity contribution in [2.45, 2.75) is 39.7 Å². The molecule has 0 saturated heterocycles. The summed E-state index contributed by atoms with van der Waals surface area (Å²) in [5.74, 6) is -0.0867. The maximum Gasteiger partial charge on any atom is 0.261 e. The highest BCUT2D eigenvalue weighted by atomic mass is 32.1. The smallest absolute Gasteiger partial charge is 0.261 e. The van der Waals surface area contributed by atoms with Crippen molar-refractivity contribution in [3.63, 3.8) is 0 Å². The first-order chi connectivity index (χ1) is 7.54. The quantitative estimate of drug-likeness (QED) is 0.829. The van der Waals surface area contributed by atoms with Crippen LogP contribution in [0.15, 0.2) is 6.07 Å². The highest BCUT2D eigenvalue weighted by molar-refractivity contribution is 7.14. The van der Waals surface area contributed by atoms with Crippen LogP contribution in [0.3, 0.4) is 0 Å². The highest BCUT2D eigenvalue weighted by Gasteiger charge is 2.12. The number of carbonyl (C=O) groups is 1. The van der Waals surface area contributed by atoms with Gasteiger partial charge in [0.1, 0.15) is 0 Å². The molecule has 4 heteroatoms. The third-order valence-electron chi connectivity index (χ3n) is 2.32. The minimum atomic E-state index is -0.500.